The monoisotopic (exact) mass is 260 g/mol. The summed E-state index contributed by atoms with van der Waals surface area (Å²) in [6.45, 7) is 3.54. The van der Waals surface area contributed by atoms with Crippen LogP contribution in [0, 0.1) is 5.41 Å². The minimum Gasteiger partial charge on any atom is -0.481 e. The molecule has 4 nitrogen and oxygen atoms in total. The van der Waals surface area contributed by atoms with Gasteiger partial charge < -0.3 is 5.11 Å². The van der Waals surface area contributed by atoms with E-state index in [1.54, 1.807) is 31.1 Å². The number of nitrogens with zero attached hydrogens (tertiary/aromatic N) is 2. The summed E-state index contributed by atoms with van der Waals surface area (Å²) in [5.74, 6) is 0.259. The summed E-state index contributed by atoms with van der Waals surface area (Å²) in [5.41, 5.74) is 1.11. The second kappa shape index (κ2) is 6.20. The highest BCUT2D eigenvalue weighted by Gasteiger charge is 2.25. The van der Waals surface area contributed by atoms with Crippen molar-refractivity contribution in [1.82, 2.24) is 10.2 Å². The van der Waals surface area contributed by atoms with Crippen LogP contribution in [0.5, 0.6) is 0 Å². The zero-order valence-electron chi connectivity index (χ0n) is 9.47. The van der Waals surface area contributed by atoms with Gasteiger partial charge in [-0.3, -0.25) is 4.79 Å². The zero-order valence-corrected chi connectivity index (χ0v) is 11.1. The number of thioether (sulfide) groups is 1. The van der Waals surface area contributed by atoms with Crippen LogP contribution in [-0.2, 0) is 4.79 Å². The van der Waals surface area contributed by atoms with Gasteiger partial charge in [0.1, 0.15) is 5.51 Å². The van der Waals surface area contributed by atoms with Crippen molar-refractivity contribution < 1.29 is 9.90 Å². The van der Waals surface area contributed by atoms with Crippen LogP contribution < -0.4 is 0 Å². The van der Waals surface area contributed by atoms with Crippen LogP contribution in [0.1, 0.15) is 33.1 Å². The number of rotatable bonds is 7. The van der Waals surface area contributed by atoms with Crippen LogP contribution in [-0.4, -0.2) is 27.0 Å². The van der Waals surface area contributed by atoms with Gasteiger partial charge in [-0.05, 0) is 26.7 Å². The van der Waals surface area contributed by atoms with Gasteiger partial charge in [-0.1, -0.05) is 29.5 Å². The van der Waals surface area contributed by atoms with Crippen molar-refractivity contribution in [2.75, 3.05) is 5.75 Å². The van der Waals surface area contributed by atoms with Crippen molar-refractivity contribution in [3.8, 4) is 0 Å². The minimum atomic E-state index is -0.718. The molecular weight excluding hydrogens is 244 g/mol. The predicted molar refractivity (Wildman–Crippen MR) is 65.9 cm³/mol. The molecule has 1 N–H and O–H groups in total. The van der Waals surface area contributed by atoms with E-state index in [0.29, 0.717) is 0 Å². The van der Waals surface area contributed by atoms with Crippen LogP contribution in [0.2, 0.25) is 0 Å². The van der Waals surface area contributed by atoms with Gasteiger partial charge >= 0.3 is 5.97 Å². The van der Waals surface area contributed by atoms with Crippen molar-refractivity contribution in [1.29, 1.82) is 0 Å². The Hall–Kier alpha value is -0.620. The molecule has 1 rings (SSSR count). The van der Waals surface area contributed by atoms with Crippen LogP contribution >= 0.6 is 23.1 Å². The molecule has 90 valence electrons. The third-order valence-electron chi connectivity index (χ3n) is 2.34. The molecule has 0 bridgehead atoms. The highest BCUT2D eigenvalue weighted by Crippen LogP contribution is 2.25. The van der Waals surface area contributed by atoms with E-state index in [1.807, 2.05) is 0 Å². The number of hydrogen-bond acceptors (Lipinski definition) is 5. The quantitative estimate of drug-likeness (QED) is 0.603. The van der Waals surface area contributed by atoms with E-state index < -0.39 is 11.4 Å². The van der Waals surface area contributed by atoms with E-state index in [2.05, 4.69) is 10.2 Å². The first kappa shape index (κ1) is 13.4. The number of unbranched alkanes of at least 4 members (excludes halogenated alkanes) is 1. The Morgan fingerprint density at radius 3 is 2.88 bits per heavy atom. The molecule has 0 aliphatic carbocycles. The van der Waals surface area contributed by atoms with E-state index >= 15 is 0 Å². The molecule has 1 aromatic heterocycles. The fourth-order valence-corrected chi connectivity index (χ4v) is 2.72. The number of carboxylic acids is 1. The van der Waals surface area contributed by atoms with Gasteiger partial charge in [-0.15, -0.1) is 10.2 Å². The summed E-state index contributed by atoms with van der Waals surface area (Å²) in [7, 11) is 0. The number of aliphatic carboxylic acids is 1. The molecule has 1 heterocycles. The Morgan fingerprint density at radius 2 is 2.31 bits per heavy atom. The molecule has 0 saturated heterocycles. The Balaban J connectivity index is 2.10. The molecule has 0 spiro atoms. The van der Waals surface area contributed by atoms with Crippen molar-refractivity contribution in [2.24, 2.45) is 5.41 Å². The molecular formula is C10H16N2O2S2. The third-order valence-corrected chi connectivity index (χ3v) is 4.29. The first-order valence-corrected chi connectivity index (χ1v) is 7.01. The fourth-order valence-electron chi connectivity index (χ4n) is 1.16. The normalized spacial score (nSPS) is 11.6. The largest absolute Gasteiger partial charge is 0.481 e. The van der Waals surface area contributed by atoms with Crippen LogP contribution in [0.15, 0.2) is 9.85 Å². The van der Waals surface area contributed by atoms with Crippen LogP contribution in [0.25, 0.3) is 0 Å². The Morgan fingerprint density at radius 1 is 1.56 bits per heavy atom. The molecule has 0 aliphatic rings. The standard InChI is InChI=1S/C10H16N2O2S2/c1-10(2,8(13)14)5-3-4-6-15-9-12-11-7-16-9/h7H,3-6H2,1-2H3,(H,13,14). The molecule has 0 amide bonds. The van der Waals surface area contributed by atoms with E-state index in [0.717, 1.165) is 29.4 Å². The highest BCUT2D eigenvalue weighted by atomic mass is 32.2. The van der Waals surface area contributed by atoms with Gasteiger partial charge in [0, 0.05) is 5.75 Å². The Labute approximate surface area is 103 Å². The van der Waals surface area contributed by atoms with E-state index in [4.69, 9.17) is 5.11 Å². The molecule has 0 fully saturated rings. The topological polar surface area (TPSA) is 63.1 Å². The van der Waals surface area contributed by atoms with Gasteiger partial charge in [-0.25, -0.2) is 0 Å². The van der Waals surface area contributed by atoms with Crippen molar-refractivity contribution in [2.45, 2.75) is 37.4 Å². The predicted octanol–water partition coefficient (Wildman–Crippen LogP) is 2.91. The maximum absolute atomic E-state index is 10.8. The SMILES string of the molecule is CC(C)(CCCCSc1nncs1)C(=O)O. The lowest BCUT2D eigenvalue weighted by atomic mass is 9.88. The number of aromatic nitrogens is 2. The summed E-state index contributed by atoms with van der Waals surface area (Å²) >= 11 is 3.22. The minimum absolute atomic E-state index is 0.604. The third kappa shape index (κ3) is 4.49. The Bertz CT molecular complexity index is 326. The first-order chi connectivity index (χ1) is 7.52. The molecule has 0 radical (unpaired) electrons. The van der Waals surface area contributed by atoms with Gasteiger partial charge in [0.2, 0.25) is 0 Å². The molecule has 0 unspecified atom stereocenters. The van der Waals surface area contributed by atoms with Crippen LogP contribution in [0.3, 0.4) is 0 Å². The van der Waals surface area contributed by atoms with Gasteiger partial charge in [0.15, 0.2) is 4.34 Å². The first-order valence-electron chi connectivity index (χ1n) is 5.15. The smallest absolute Gasteiger partial charge is 0.309 e. The molecule has 1 aromatic rings. The van der Waals surface area contributed by atoms with E-state index in [-0.39, 0.29) is 0 Å². The maximum atomic E-state index is 10.8. The van der Waals surface area contributed by atoms with E-state index in [1.165, 1.54) is 11.3 Å². The molecule has 6 heteroatoms. The average Bonchev–Trinajstić information content (AvgIpc) is 2.69. The van der Waals surface area contributed by atoms with Crippen molar-refractivity contribution in [3.63, 3.8) is 0 Å². The van der Waals surface area contributed by atoms with Gasteiger partial charge in [-0.2, -0.15) is 0 Å². The lowest BCUT2D eigenvalue weighted by Crippen LogP contribution is -2.23. The molecule has 0 atom stereocenters. The van der Waals surface area contributed by atoms with E-state index in [9.17, 15) is 4.79 Å². The fraction of sp³-hybridized carbons (Fsp3) is 0.700. The highest BCUT2D eigenvalue weighted by molar-refractivity contribution is 8.00. The second-order valence-electron chi connectivity index (χ2n) is 4.20. The Kier molecular flexibility index (Phi) is 5.21. The maximum Gasteiger partial charge on any atom is 0.309 e. The second-order valence-corrected chi connectivity index (χ2v) is 6.37. The summed E-state index contributed by atoms with van der Waals surface area (Å²) in [5, 5.41) is 16.6. The summed E-state index contributed by atoms with van der Waals surface area (Å²) < 4.78 is 0.984. The lowest BCUT2D eigenvalue weighted by Gasteiger charge is -2.18. The molecule has 0 saturated carbocycles. The molecule has 0 aromatic carbocycles. The molecule has 0 aliphatic heterocycles. The van der Waals surface area contributed by atoms with Crippen molar-refractivity contribution >= 4 is 29.1 Å². The molecule has 16 heavy (non-hydrogen) atoms. The van der Waals surface area contributed by atoms with Crippen LogP contribution in [0.4, 0.5) is 0 Å². The lowest BCUT2D eigenvalue weighted by molar-refractivity contribution is -0.147. The zero-order chi connectivity index (χ0) is 12.0. The van der Waals surface area contributed by atoms with Gasteiger partial charge in [0.25, 0.3) is 0 Å². The van der Waals surface area contributed by atoms with Gasteiger partial charge in [0.05, 0.1) is 5.41 Å². The average molecular weight is 260 g/mol. The summed E-state index contributed by atoms with van der Waals surface area (Å²) in [6.07, 6.45) is 2.67. The number of hydrogen-bond donors (Lipinski definition) is 1. The summed E-state index contributed by atoms with van der Waals surface area (Å²) in [4.78, 5) is 10.8. The number of carboxylic acid groups (broad SMARTS) is 1. The summed E-state index contributed by atoms with van der Waals surface area (Å²) in [6, 6.07) is 0. The van der Waals surface area contributed by atoms with Crippen molar-refractivity contribution in [3.05, 3.63) is 5.51 Å². The number of carbonyl (C=O) groups is 1.